The fraction of sp³-hybridized carbons (Fsp3) is 0.400. The van der Waals surface area contributed by atoms with Crippen LogP contribution in [0.3, 0.4) is 0 Å². The highest BCUT2D eigenvalue weighted by atomic mass is 19.4. The molecule has 2 aliphatic carbocycles. The summed E-state index contributed by atoms with van der Waals surface area (Å²) >= 11 is 0. The van der Waals surface area contributed by atoms with Gasteiger partial charge in [-0.05, 0) is 12.5 Å². The molecule has 0 saturated carbocycles. The fourth-order valence-corrected chi connectivity index (χ4v) is 3.44. The van der Waals surface area contributed by atoms with Crippen molar-refractivity contribution >= 4 is 5.97 Å². The molecule has 0 saturated heterocycles. The number of benzene rings is 1. The summed E-state index contributed by atoms with van der Waals surface area (Å²) in [4.78, 5) is 11.1. The molecule has 24 heavy (non-hydrogen) atoms. The Hall–Kier alpha value is -2.06. The normalized spacial score (nSPS) is 28.0. The molecule has 0 unspecified atom stereocenters. The summed E-state index contributed by atoms with van der Waals surface area (Å²) in [6.45, 7) is 1.21. The zero-order valence-electron chi connectivity index (χ0n) is 12.0. The van der Waals surface area contributed by atoms with Crippen LogP contribution in [0.1, 0.15) is 30.4 Å². The van der Waals surface area contributed by atoms with Crippen LogP contribution in [0.25, 0.3) is 0 Å². The number of esters is 1. The van der Waals surface area contributed by atoms with Gasteiger partial charge in [-0.3, -0.25) is 0 Å². The van der Waals surface area contributed by atoms with Crippen LogP contribution in [0.5, 0.6) is 0 Å². The van der Waals surface area contributed by atoms with Crippen molar-refractivity contribution in [3.8, 4) is 0 Å². The van der Waals surface area contributed by atoms with Crippen LogP contribution in [-0.4, -0.2) is 18.2 Å². The van der Waals surface area contributed by atoms with E-state index < -0.39 is 64.0 Å². The molecule has 2 nitrogen and oxygen atoms in total. The van der Waals surface area contributed by atoms with Crippen LogP contribution in [0, 0.1) is 23.3 Å². The first-order valence-electron chi connectivity index (χ1n) is 6.81. The average Bonchev–Trinajstić information content (AvgIpc) is 2.73. The van der Waals surface area contributed by atoms with Gasteiger partial charge in [-0.25, -0.2) is 22.4 Å². The van der Waals surface area contributed by atoms with Crippen LogP contribution in [-0.2, 0) is 14.9 Å². The van der Waals surface area contributed by atoms with Gasteiger partial charge in [0.1, 0.15) is 6.10 Å². The number of rotatable bonds is 1. The Labute approximate surface area is 130 Å². The quantitative estimate of drug-likeness (QED) is 0.250. The van der Waals surface area contributed by atoms with E-state index in [1.807, 2.05) is 0 Å². The number of halogens is 7. The largest absolute Gasteiger partial charge is 0.490 e. The van der Waals surface area contributed by atoms with E-state index in [1.165, 1.54) is 13.0 Å². The summed E-state index contributed by atoms with van der Waals surface area (Å²) in [6.07, 6.45) is -4.78. The van der Waals surface area contributed by atoms with Crippen molar-refractivity contribution in [2.75, 3.05) is 0 Å². The van der Waals surface area contributed by atoms with Crippen molar-refractivity contribution in [1.82, 2.24) is 0 Å². The molecule has 2 bridgehead atoms. The maximum Gasteiger partial charge on any atom is 0.490 e. The molecule has 0 aliphatic heterocycles. The molecule has 9 heteroatoms. The maximum atomic E-state index is 14.2. The number of alkyl halides is 3. The Bertz CT molecular complexity index is 768. The molecular weight excluding hydrogens is 345 g/mol. The number of fused-ring (bicyclic) bond motifs is 5. The zero-order valence-corrected chi connectivity index (χ0v) is 12.0. The Morgan fingerprint density at radius 3 is 2.25 bits per heavy atom. The van der Waals surface area contributed by atoms with Gasteiger partial charge >= 0.3 is 12.1 Å². The summed E-state index contributed by atoms with van der Waals surface area (Å²) in [5.74, 6) is -10.7. The molecule has 0 heterocycles. The molecule has 1 aromatic rings. The van der Waals surface area contributed by atoms with Crippen LogP contribution in [0.2, 0.25) is 0 Å². The highest BCUT2D eigenvalue weighted by Crippen LogP contribution is 2.55. The minimum absolute atomic E-state index is 0.147. The molecule has 0 aromatic heterocycles. The first-order valence-corrected chi connectivity index (χ1v) is 6.81. The second-order valence-electron chi connectivity index (χ2n) is 5.98. The number of carbonyl (C=O) groups excluding carboxylic acids is 1. The SMILES string of the molecule is C[C@@]12C[C@@H](C=C[C@@H]1OC(=O)C(F)(F)F)c1c(F)c(F)c(F)c(F)c12. The third-order valence-corrected chi connectivity index (χ3v) is 4.50. The minimum Gasteiger partial charge on any atom is -0.451 e. The number of allylic oxidation sites excluding steroid dienone is 1. The molecule has 1 aromatic carbocycles. The predicted octanol–water partition coefficient (Wildman–Crippen LogP) is 4.03. The van der Waals surface area contributed by atoms with Gasteiger partial charge in [0, 0.05) is 22.5 Å². The van der Waals surface area contributed by atoms with E-state index >= 15 is 0 Å². The van der Waals surface area contributed by atoms with Gasteiger partial charge in [0.15, 0.2) is 23.3 Å². The van der Waals surface area contributed by atoms with E-state index in [0.717, 1.165) is 6.08 Å². The molecule has 0 radical (unpaired) electrons. The van der Waals surface area contributed by atoms with E-state index in [-0.39, 0.29) is 6.42 Å². The first-order chi connectivity index (χ1) is 11.0. The van der Waals surface area contributed by atoms with E-state index in [4.69, 9.17) is 0 Å². The Morgan fingerprint density at radius 1 is 1.08 bits per heavy atom. The van der Waals surface area contributed by atoms with Crippen molar-refractivity contribution in [3.05, 3.63) is 46.5 Å². The van der Waals surface area contributed by atoms with E-state index in [1.54, 1.807) is 0 Å². The van der Waals surface area contributed by atoms with Crippen LogP contribution in [0.15, 0.2) is 12.2 Å². The van der Waals surface area contributed by atoms with Gasteiger partial charge in [-0.2, -0.15) is 13.2 Å². The highest BCUT2D eigenvalue weighted by Gasteiger charge is 2.54. The monoisotopic (exact) mass is 354 g/mol. The van der Waals surface area contributed by atoms with Gasteiger partial charge in [-0.15, -0.1) is 0 Å². The number of carbonyl (C=O) groups is 1. The molecule has 130 valence electrons. The summed E-state index contributed by atoms with van der Waals surface area (Å²) in [6, 6.07) is 0. The van der Waals surface area contributed by atoms with Gasteiger partial charge in [-0.1, -0.05) is 13.0 Å². The predicted molar refractivity (Wildman–Crippen MR) is 66.1 cm³/mol. The van der Waals surface area contributed by atoms with Gasteiger partial charge < -0.3 is 4.74 Å². The average molecular weight is 354 g/mol. The van der Waals surface area contributed by atoms with Crippen molar-refractivity contribution in [1.29, 1.82) is 0 Å². The Morgan fingerprint density at radius 2 is 1.67 bits per heavy atom. The van der Waals surface area contributed by atoms with Crippen molar-refractivity contribution in [2.24, 2.45) is 0 Å². The lowest BCUT2D eigenvalue weighted by molar-refractivity contribution is -0.205. The highest BCUT2D eigenvalue weighted by molar-refractivity contribution is 5.76. The van der Waals surface area contributed by atoms with Gasteiger partial charge in [0.2, 0.25) is 0 Å². The van der Waals surface area contributed by atoms with Crippen LogP contribution < -0.4 is 0 Å². The lowest BCUT2D eigenvalue weighted by Gasteiger charge is -2.35. The van der Waals surface area contributed by atoms with E-state index in [2.05, 4.69) is 4.74 Å². The van der Waals surface area contributed by atoms with Crippen molar-refractivity contribution in [3.63, 3.8) is 0 Å². The molecule has 0 fully saturated rings. The lowest BCUT2D eigenvalue weighted by Crippen LogP contribution is -2.42. The lowest BCUT2D eigenvalue weighted by atomic mass is 9.75. The Kier molecular flexibility index (Phi) is 3.47. The molecule has 3 rings (SSSR count). The second kappa shape index (κ2) is 4.97. The van der Waals surface area contributed by atoms with Gasteiger partial charge in [0.05, 0.1) is 0 Å². The fourth-order valence-electron chi connectivity index (χ4n) is 3.44. The molecule has 0 N–H and O–H groups in total. The maximum absolute atomic E-state index is 14.2. The summed E-state index contributed by atoms with van der Waals surface area (Å²) in [7, 11) is 0. The number of hydrogen-bond acceptors (Lipinski definition) is 2. The van der Waals surface area contributed by atoms with Crippen LogP contribution in [0.4, 0.5) is 30.7 Å². The molecule has 2 aliphatic rings. The van der Waals surface area contributed by atoms with Crippen molar-refractivity contribution in [2.45, 2.75) is 37.0 Å². The number of ether oxygens (including phenoxy) is 1. The smallest absolute Gasteiger partial charge is 0.451 e. The van der Waals surface area contributed by atoms with Crippen molar-refractivity contribution < 1.29 is 40.3 Å². The van der Waals surface area contributed by atoms with Gasteiger partial charge in [0.25, 0.3) is 0 Å². The zero-order chi connectivity index (χ0) is 18.0. The number of hydrogen-bond donors (Lipinski definition) is 0. The molecule has 0 amide bonds. The second-order valence-corrected chi connectivity index (χ2v) is 5.98. The minimum atomic E-state index is -5.28. The first kappa shape index (κ1) is 16.8. The standard InChI is InChI=1S/C15H9F7O2/c1-14-4-5(2-3-6(14)24-13(23)15(20,21)22)7-8(14)10(17)12(19)11(18)9(7)16/h2-3,5-6H,4H2,1H3/t5-,6+,14-/m1/s1. The third-order valence-electron chi connectivity index (χ3n) is 4.50. The third kappa shape index (κ3) is 2.13. The molecule has 3 atom stereocenters. The topological polar surface area (TPSA) is 26.3 Å². The van der Waals surface area contributed by atoms with Crippen LogP contribution >= 0.6 is 0 Å². The Balaban J connectivity index is 2.13. The summed E-state index contributed by atoms with van der Waals surface area (Å²) in [5.41, 5.74) is -2.71. The summed E-state index contributed by atoms with van der Waals surface area (Å²) < 4.78 is 96.7. The molecular formula is C15H9F7O2. The summed E-state index contributed by atoms with van der Waals surface area (Å²) in [5, 5.41) is 0. The van der Waals surface area contributed by atoms with E-state index in [9.17, 15) is 35.5 Å². The van der Waals surface area contributed by atoms with E-state index in [0.29, 0.717) is 0 Å². The molecule has 0 spiro atoms.